The molecule has 0 saturated carbocycles. The van der Waals surface area contributed by atoms with Gasteiger partial charge in [-0.15, -0.1) is 0 Å². The molecule has 2 rings (SSSR count). The Morgan fingerprint density at radius 3 is 2.78 bits per heavy atom. The van der Waals surface area contributed by atoms with Crippen molar-refractivity contribution >= 4 is 5.78 Å². The van der Waals surface area contributed by atoms with Crippen LogP contribution >= 0.6 is 0 Å². The van der Waals surface area contributed by atoms with Gasteiger partial charge in [0, 0.05) is 24.5 Å². The maximum atomic E-state index is 12.2. The number of benzene rings is 1. The monoisotopic (exact) mass is 239 g/mol. The predicted molar refractivity (Wildman–Crippen MR) is 67.1 cm³/mol. The number of hydrogen-bond donors (Lipinski definition) is 0. The molecule has 0 atom stereocenters. The molecule has 0 N–H and O–H groups in total. The molecule has 0 fully saturated rings. The van der Waals surface area contributed by atoms with Gasteiger partial charge in [-0.25, -0.2) is 4.98 Å². The molecule has 4 heteroatoms. The number of rotatable bonds is 4. The second-order valence-electron chi connectivity index (χ2n) is 4.05. The lowest BCUT2D eigenvalue weighted by Gasteiger charge is -2.04. The first-order valence-electron chi connectivity index (χ1n) is 5.72. The molecule has 90 valence electrons. The lowest BCUT2D eigenvalue weighted by atomic mass is 10.1. The zero-order valence-electron chi connectivity index (χ0n) is 10.1. The Bertz CT molecular complexity index is 590. The minimum atomic E-state index is -0.113. The Kier molecular flexibility index (Phi) is 3.54. The van der Waals surface area contributed by atoms with Gasteiger partial charge in [-0.2, -0.15) is 5.26 Å². The van der Waals surface area contributed by atoms with E-state index in [1.54, 1.807) is 29.1 Å². The van der Waals surface area contributed by atoms with Crippen molar-refractivity contribution in [2.24, 2.45) is 0 Å². The van der Waals surface area contributed by atoms with Gasteiger partial charge < -0.3 is 4.57 Å². The van der Waals surface area contributed by atoms with E-state index in [1.165, 1.54) is 0 Å². The Morgan fingerprint density at radius 2 is 2.11 bits per heavy atom. The molecule has 4 nitrogen and oxygen atoms in total. The molecule has 0 aliphatic heterocycles. The Hall–Kier alpha value is -2.41. The highest BCUT2D eigenvalue weighted by atomic mass is 16.1. The molecule has 0 bridgehead atoms. The van der Waals surface area contributed by atoms with Crippen LogP contribution < -0.4 is 0 Å². The Labute approximate surface area is 106 Å². The number of nitrogens with zero attached hydrogens (tertiary/aromatic N) is 3. The largest absolute Gasteiger partial charge is 0.327 e. The van der Waals surface area contributed by atoms with Gasteiger partial charge >= 0.3 is 0 Å². The summed E-state index contributed by atoms with van der Waals surface area (Å²) < 4.78 is 1.71. The van der Waals surface area contributed by atoms with Crippen LogP contribution in [0.5, 0.6) is 0 Å². The van der Waals surface area contributed by atoms with Crippen molar-refractivity contribution in [1.29, 1.82) is 5.26 Å². The first-order chi connectivity index (χ1) is 8.72. The topological polar surface area (TPSA) is 58.7 Å². The molecule has 0 spiro atoms. The normalized spacial score (nSPS) is 10.0. The van der Waals surface area contributed by atoms with Crippen LogP contribution in [0.15, 0.2) is 36.7 Å². The van der Waals surface area contributed by atoms with Gasteiger partial charge in [-0.3, -0.25) is 4.79 Å². The average molecular weight is 239 g/mol. The van der Waals surface area contributed by atoms with Crippen LogP contribution in [0.1, 0.15) is 28.2 Å². The Morgan fingerprint density at radius 1 is 1.39 bits per heavy atom. The van der Waals surface area contributed by atoms with Crippen molar-refractivity contribution in [3.8, 4) is 6.07 Å². The summed E-state index contributed by atoms with van der Waals surface area (Å²) >= 11 is 0. The molecule has 1 heterocycles. The third-order valence-electron chi connectivity index (χ3n) is 2.70. The fraction of sp³-hybridized carbons (Fsp3) is 0.214. The number of imidazole rings is 1. The van der Waals surface area contributed by atoms with Gasteiger partial charge in [0.15, 0.2) is 5.82 Å². The fourth-order valence-electron chi connectivity index (χ4n) is 1.70. The molecule has 0 aliphatic rings. The van der Waals surface area contributed by atoms with Crippen molar-refractivity contribution in [2.45, 2.75) is 19.9 Å². The van der Waals surface area contributed by atoms with Crippen LogP contribution in [-0.2, 0) is 6.54 Å². The highest BCUT2D eigenvalue weighted by Crippen LogP contribution is 2.10. The van der Waals surface area contributed by atoms with Crippen LogP contribution in [-0.4, -0.2) is 15.3 Å². The van der Waals surface area contributed by atoms with Gasteiger partial charge in [0.25, 0.3) is 0 Å². The minimum Gasteiger partial charge on any atom is -0.327 e. The summed E-state index contributed by atoms with van der Waals surface area (Å²) in [5, 5.41) is 8.57. The van der Waals surface area contributed by atoms with E-state index < -0.39 is 0 Å². The first-order valence-corrected chi connectivity index (χ1v) is 5.72. The number of aromatic nitrogens is 2. The van der Waals surface area contributed by atoms with E-state index in [0.29, 0.717) is 24.4 Å². The van der Waals surface area contributed by atoms with E-state index in [9.17, 15) is 4.79 Å². The number of aryl methyl sites for hydroxylation is 2. The van der Waals surface area contributed by atoms with E-state index in [1.807, 2.05) is 19.1 Å². The smallest absolute Gasteiger partial charge is 0.228 e. The third-order valence-corrected chi connectivity index (χ3v) is 2.70. The van der Waals surface area contributed by atoms with E-state index in [4.69, 9.17) is 5.26 Å². The van der Waals surface area contributed by atoms with Crippen LogP contribution in [0.2, 0.25) is 0 Å². The quantitative estimate of drug-likeness (QED) is 0.769. The van der Waals surface area contributed by atoms with Crippen molar-refractivity contribution in [3.05, 3.63) is 53.6 Å². The van der Waals surface area contributed by atoms with E-state index in [0.717, 1.165) is 5.56 Å². The summed E-state index contributed by atoms with van der Waals surface area (Å²) in [7, 11) is 0. The van der Waals surface area contributed by atoms with E-state index >= 15 is 0 Å². The summed E-state index contributed by atoms with van der Waals surface area (Å²) in [6.45, 7) is 2.46. The summed E-state index contributed by atoms with van der Waals surface area (Å²) in [6, 6.07) is 9.44. The second kappa shape index (κ2) is 5.28. The van der Waals surface area contributed by atoms with Crippen molar-refractivity contribution in [3.63, 3.8) is 0 Å². The summed E-state index contributed by atoms with van der Waals surface area (Å²) in [5.74, 6) is 0.270. The second-order valence-corrected chi connectivity index (χ2v) is 4.05. The molecular formula is C14H13N3O. The highest BCUT2D eigenvalue weighted by Gasteiger charge is 2.14. The van der Waals surface area contributed by atoms with Gasteiger partial charge in [0.05, 0.1) is 12.5 Å². The number of nitriles is 1. The molecule has 0 aliphatic carbocycles. The lowest BCUT2D eigenvalue weighted by Crippen LogP contribution is -2.11. The number of ketones is 1. The number of hydrogen-bond acceptors (Lipinski definition) is 3. The van der Waals surface area contributed by atoms with Crippen LogP contribution in [0.25, 0.3) is 0 Å². The van der Waals surface area contributed by atoms with Crippen molar-refractivity contribution in [1.82, 2.24) is 9.55 Å². The van der Waals surface area contributed by atoms with Crippen molar-refractivity contribution in [2.75, 3.05) is 0 Å². The SMILES string of the molecule is Cc1ccc(C(=O)c2nccn2CCC#N)cc1. The molecule has 18 heavy (non-hydrogen) atoms. The van der Waals surface area contributed by atoms with Crippen LogP contribution in [0.3, 0.4) is 0 Å². The van der Waals surface area contributed by atoms with E-state index in [2.05, 4.69) is 11.1 Å². The zero-order chi connectivity index (χ0) is 13.0. The first kappa shape index (κ1) is 12.1. The summed E-state index contributed by atoms with van der Waals surface area (Å²) in [4.78, 5) is 16.3. The molecule has 0 unspecified atom stereocenters. The molecular weight excluding hydrogens is 226 g/mol. The number of carbonyl (C=O) groups is 1. The fourth-order valence-corrected chi connectivity index (χ4v) is 1.70. The van der Waals surface area contributed by atoms with Crippen LogP contribution in [0, 0.1) is 18.3 Å². The van der Waals surface area contributed by atoms with Crippen LogP contribution in [0.4, 0.5) is 0 Å². The molecule has 1 aromatic heterocycles. The maximum absolute atomic E-state index is 12.2. The predicted octanol–water partition coefficient (Wildman–Crippen LogP) is 2.34. The average Bonchev–Trinajstić information content (AvgIpc) is 2.84. The number of carbonyl (C=O) groups excluding carboxylic acids is 1. The molecule has 1 aromatic carbocycles. The molecule has 2 aromatic rings. The van der Waals surface area contributed by atoms with Gasteiger partial charge in [-0.05, 0) is 6.92 Å². The molecule has 0 radical (unpaired) electrons. The van der Waals surface area contributed by atoms with Crippen molar-refractivity contribution < 1.29 is 4.79 Å². The van der Waals surface area contributed by atoms with Gasteiger partial charge in [0.2, 0.25) is 5.78 Å². The Balaban J connectivity index is 2.26. The molecule has 0 saturated heterocycles. The van der Waals surface area contributed by atoms with Gasteiger partial charge in [0.1, 0.15) is 0 Å². The lowest BCUT2D eigenvalue weighted by molar-refractivity contribution is 0.102. The zero-order valence-corrected chi connectivity index (χ0v) is 10.1. The standard InChI is InChI=1S/C14H13N3O/c1-11-3-5-12(6-4-11)13(18)14-16-8-10-17(14)9-2-7-15/h3-6,8,10H,2,9H2,1H3. The highest BCUT2D eigenvalue weighted by molar-refractivity contribution is 6.06. The maximum Gasteiger partial charge on any atom is 0.228 e. The van der Waals surface area contributed by atoms with Gasteiger partial charge in [-0.1, -0.05) is 29.8 Å². The minimum absolute atomic E-state index is 0.113. The molecule has 0 amide bonds. The van der Waals surface area contributed by atoms with E-state index in [-0.39, 0.29) is 5.78 Å². The third kappa shape index (κ3) is 2.46. The summed E-state index contributed by atoms with van der Waals surface area (Å²) in [6.07, 6.45) is 3.67. The summed E-state index contributed by atoms with van der Waals surface area (Å²) in [5.41, 5.74) is 1.73.